The van der Waals surface area contributed by atoms with Gasteiger partial charge in [0.25, 0.3) is 0 Å². The smallest absolute Gasteiger partial charge is 0.345 e. The molecular weight excluding hydrogens is 291 g/mol. The lowest BCUT2D eigenvalue weighted by molar-refractivity contribution is 0.0702. The predicted molar refractivity (Wildman–Crippen MR) is 71.8 cm³/mol. The van der Waals surface area contributed by atoms with Gasteiger partial charge in [0.1, 0.15) is 23.1 Å². The Hall–Kier alpha value is -1.59. The molecule has 3 nitrogen and oxygen atoms in total. The number of halogens is 2. The average molecular weight is 301 g/mol. The van der Waals surface area contributed by atoms with E-state index in [4.69, 9.17) is 21.4 Å². The molecule has 0 aliphatic heterocycles. The summed E-state index contributed by atoms with van der Waals surface area (Å²) in [5.41, 5.74) is 0.794. The number of hydrogen-bond acceptors (Lipinski definition) is 3. The summed E-state index contributed by atoms with van der Waals surface area (Å²) in [5, 5.41) is 8.88. The van der Waals surface area contributed by atoms with Crippen LogP contribution in [0.2, 0.25) is 5.02 Å². The SMILES string of the molecule is Cc1sc(C(=O)O)cc1COc1ccc(F)c(Cl)c1. The molecule has 19 heavy (non-hydrogen) atoms. The highest BCUT2D eigenvalue weighted by Gasteiger charge is 2.11. The Morgan fingerprint density at radius 1 is 1.47 bits per heavy atom. The molecule has 2 aromatic rings. The van der Waals surface area contributed by atoms with Crippen LogP contribution in [-0.4, -0.2) is 11.1 Å². The van der Waals surface area contributed by atoms with E-state index < -0.39 is 11.8 Å². The van der Waals surface area contributed by atoms with Gasteiger partial charge in [0.15, 0.2) is 0 Å². The summed E-state index contributed by atoms with van der Waals surface area (Å²) >= 11 is 6.84. The number of aromatic carboxylic acids is 1. The van der Waals surface area contributed by atoms with Gasteiger partial charge in [0, 0.05) is 16.5 Å². The largest absolute Gasteiger partial charge is 0.489 e. The van der Waals surface area contributed by atoms with Gasteiger partial charge in [0.2, 0.25) is 0 Å². The summed E-state index contributed by atoms with van der Waals surface area (Å²) in [4.78, 5) is 12.0. The van der Waals surface area contributed by atoms with Crippen molar-refractivity contribution in [1.82, 2.24) is 0 Å². The van der Waals surface area contributed by atoms with Crippen molar-refractivity contribution in [2.24, 2.45) is 0 Å². The fraction of sp³-hybridized carbons (Fsp3) is 0.154. The van der Waals surface area contributed by atoms with Crippen molar-refractivity contribution in [1.29, 1.82) is 0 Å². The van der Waals surface area contributed by atoms with Crippen LogP contribution in [0.4, 0.5) is 4.39 Å². The maximum atomic E-state index is 13.0. The van der Waals surface area contributed by atoms with Crippen molar-refractivity contribution in [3.05, 3.63) is 50.4 Å². The van der Waals surface area contributed by atoms with Crippen LogP contribution in [0.5, 0.6) is 5.75 Å². The number of carbonyl (C=O) groups is 1. The second kappa shape index (κ2) is 5.59. The molecule has 1 heterocycles. The lowest BCUT2D eigenvalue weighted by atomic mass is 10.2. The highest BCUT2D eigenvalue weighted by atomic mass is 35.5. The Morgan fingerprint density at radius 3 is 2.79 bits per heavy atom. The first-order valence-electron chi connectivity index (χ1n) is 5.38. The Morgan fingerprint density at radius 2 is 2.21 bits per heavy atom. The van der Waals surface area contributed by atoms with E-state index in [1.807, 2.05) is 6.92 Å². The molecule has 6 heteroatoms. The summed E-state index contributed by atoms with van der Waals surface area (Å²) in [7, 11) is 0. The van der Waals surface area contributed by atoms with Crippen LogP contribution < -0.4 is 4.74 Å². The first-order chi connectivity index (χ1) is 8.97. The molecule has 0 bridgehead atoms. The van der Waals surface area contributed by atoms with Crippen LogP contribution in [0.15, 0.2) is 24.3 Å². The number of aryl methyl sites for hydroxylation is 1. The van der Waals surface area contributed by atoms with E-state index in [9.17, 15) is 9.18 Å². The fourth-order valence-electron chi connectivity index (χ4n) is 1.50. The normalized spacial score (nSPS) is 10.5. The first kappa shape index (κ1) is 13.8. The van der Waals surface area contributed by atoms with Gasteiger partial charge in [-0.05, 0) is 25.1 Å². The van der Waals surface area contributed by atoms with Crippen LogP contribution in [-0.2, 0) is 6.61 Å². The summed E-state index contributed by atoms with van der Waals surface area (Å²) < 4.78 is 18.4. The molecule has 0 radical (unpaired) electrons. The minimum Gasteiger partial charge on any atom is -0.489 e. The lowest BCUT2D eigenvalue weighted by Gasteiger charge is -2.06. The van der Waals surface area contributed by atoms with Crippen molar-refractivity contribution >= 4 is 28.9 Å². The minimum absolute atomic E-state index is 0.00855. The highest BCUT2D eigenvalue weighted by Crippen LogP contribution is 2.25. The van der Waals surface area contributed by atoms with Gasteiger partial charge in [-0.1, -0.05) is 11.6 Å². The number of rotatable bonds is 4. The van der Waals surface area contributed by atoms with E-state index in [1.165, 1.54) is 29.5 Å². The number of thiophene rings is 1. The second-order valence-corrected chi connectivity index (χ2v) is 5.53. The fourth-order valence-corrected chi connectivity index (χ4v) is 2.53. The molecule has 0 spiro atoms. The zero-order valence-electron chi connectivity index (χ0n) is 9.94. The molecule has 1 aromatic heterocycles. The van der Waals surface area contributed by atoms with Crippen LogP contribution in [0.3, 0.4) is 0 Å². The Balaban J connectivity index is 2.09. The third-order valence-corrected chi connectivity index (χ3v) is 3.89. The minimum atomic E-state index is -0.954. The van der Waals surface area contributed by atoms with E-state index >= 15 is 0 Å². The number of hydrogen-bond donors (Lipinski definition) is 1. The quantitative estimate of drug-likeness (QED) is 0.923. The average Bonchev–Trinajstić information content (AvgIpc) is 2.73. The number of benzene rings is 1. The zero-order chi connectivity index (χ0) is 14.0. The Labute approximate surface area is 118 Å². The molecule has 0 atom stereocenters. The zero-order valence-corrected chi connectivity index (χ0v) is 11.5. The van der Waals surface area contributed by atoms with Crippen molar-refractivity contribution < 1.29 is 19.0 Å². The van der Waals surface area contributed by atoms with E-state index in [1.54, 1.807) is 6.07 Å². The second-order valence-electron chi connectivity index (χ2n) is 3.86. The molecule has 0 unspecified atom stereocenters. The highest BCUT2D eigenvalue weighted by molar-refractivity contribution is 7.14. The molecule has 0 fully saturated rings. The van der Waals surface area contributed by atoms with Crippen LogP contribution in [0, 0.1) is 12.7 Å². The monoisotopic (exact) mass is 300 g/mol. The van der Waals surface area contributed by atoms with Gasteiger partial charge in [-0.3, -0.25) is 0 Å². The maximum Gasteiger partial charge on any atom is 0.345 e. The number of carboxylic acid groups (broad SMARTS) is 1. The van der Waals surface area contributed by atoms with Gasteiger partial charge in [-0.25, -0.2) is 9.18 Å². The van der Waals surface area contributed by atoms with Gasteiger partial charge in [-0.15, -0.1) is 11.3 Å². The molecular formula is C13H10ClFO3S. The molecule has 1 N–H and O–H groups in total. The summed E-state index contributed by atoms with van der Waals surface area (Å²) in [6, 6.07) is 5.66. The standard InChI is InChI=1S/C13H10ClFO3S/c1-7-8(4-12(19-7)13(16)17)6-18-9-2-3-11(15)10(14)5-9/h2-5H,6H2,1H3,(H,16,17). The van der Waals surface area contributed by atoms with Crippen LogP contribution >= 0.6 is 22.9 Å². The summed E-state index contributed by atoms with van der Waals surface area (Å²) in [5.74, 6) is -1.02. The van der Waals surface area contributed by atoms with Crippen molar-refractivity contribution in [3.63, 3.8) is 0 Å². The van der Waals surface area contributed by atoms with Crippen molar-refractivity contribution in [2.45, 2.75) is 13.5 Å². The number of carboxylic acids is 1. The molecule has 1 aromatic carbocycles. The van der Waals surface area contributed by atoms with Gasteiger partial charge >= 0.3 is 5.97 Å². The summed E-state index contributed by atoms with van der Waals surface area (Å²) in [6.45, 7) is 2.05. The molecule has 0 saturated heterocycles. The van der Waals surface area contributed by atoms with Crippen LogP contribution in [0.1, 0.15) is 20.1 Å². The molecule has 0 aliphatic rings. The van der Waals surface area contributed by atoms with E-state index in [2.05, 4.69) is 0 Å². The van der Waals surface area contributed by atoms with Gasteiger partial charge < -0.3 is 9.84 Å². The summed E-state index contributed by atoms with van der Waals surface area (Å²) in [6.07, 6.45) is 0. The van der Waals surface area contributed by atoms with Crippen LogP contribution in [0.25, 0.3) is 0 Å². The number of ether oxygens (including phenoxy) is 1. The Kier molecular flexibility index (Phi) is 4.07. The maximum absolute atomic E-state index is 13.0. The molecule has 2 rings (SSSR count). The Bertz CT molecular complexity index is 624. The van der Waals surface area contributed by atoms with Gasteiger partial charge in [-0.2, -0.15) is 0 Å². The molecule has 100 valence electrons. The van der Waals surface area contributed by atoms with E-state index in [0.29, 0.717) is 5.75 Å². The van der Waals surface area contributed by atoms with Crippen molar-refractivity contribution in [2.75, 3.05) is 0 Å². The topological polar surface area (TPSA) is 46.5 Å². The van der Waals surface area contributed by atoms with E-state index in [-0.39, 0.29) is 16.5 Å². The molecule has 0 amide bonds. The van der Waals surface area contributed by atoms with Gasteiger partial charge in [0.05, 0.1) is 5.02 Å². The molecule has 0 aliphatic carbocycles. The predicted octanol–water partition coefficient (Wildman–Crippen LogP) is 4.13. The van der Waals surface area contributed by atoms with E-state index in [0.717, 1.165) is 10.4 Å². The third kappa shape index (κ3) is 3.24. The first-order valence-corrected chi connectivity index (χ1v) is 6.57. The third-order valence-electron chi connectivity index (χ3n) is 2.52. The molecule has 0 saturated carbocycles. The lowest BCUT2D eigenvalue weighted by Crippen LogP contribution is -1.96. The van der Waals surface area contributed by atoms with Crippen molar-refractivity contribution in [3.8, 4) is 5.75 Å².